The molecule has 4 nitrogen and oxygen atoms in total. The number of halogens is 3. The summed E-state index contributed by atoms with van der Waals surface area (Å²) in [4.78, 5) is 4.07. The standard InChI is InChI=1S/C11H16Cl2N4.HI/c1-4-5-15-11(14-2)16-7-8-6-9(12)10(13)17(8)3;/h4,6H,1,5,7H2,2-3H3,(H2,14,15,16);1H. The van der Waals surface area contributed by atoms with Gasteiger partial charge >= 0.3 is 0 Å². The molecule has 0 radical (unpaired) electrons. The minimum Gasteiger partial charge on any atom is -0.353 e. The number of rotatable bonds is 4. The Balaban J connectivity index is 0.00000289. The van der Waals surface area contributed by atoms with Crippen molar-refractivity contribution in [3.8, 4) is 0 Å². The van der Waals surface area contributed by atoms with Crippen LogP contribution in [-0.4, -0.2) is 24.1 Å². The fourth-order valence-corrected chi connectivity index (χ4v) is 1.74. The summed E-state index contributed by atoms with van der Waals surface area (Å²) in [6.07, 6.45) is 1.77. The SMILES string of the molecule is C=CCNC(=NC)NCc1cc(Cl)c(Cl)n1C.I. The van der Waals surface area contributed by atoms with Gasteiger partial charge in [0.2, 0.25) is 0 Å². The molecule has 0 aliphatic heterocycles. The number of aromatic nitrogens is 1. The van der Waals surface area contributed by atoms with E-state index in [0.29, 0.717) is 29.2 Å². The Hall–Kier alpha value is -0.400. The van der Waals surface area contributed by atoms with Crippen molar-refractivity contribution in [2.24, 2.45) is 12.0 Å². The van der Waals surface area contributed by atoms with Gasteiger partial charge in [-0.3, -0.25) is 4.99 Å². The molecule has 0 atom stereocenters. The summed E-state index contributed by atoms with van der Waals surface area (Å²) in [5.41, 5.74) is 0.988. The van der Waals surface area contributed by atoms with Gasteiger partial charge in [-0.05, 0) is 6.07 Å². The van der Waals surface area contributed by atoms with E-state index in [1.54, 1.807) is 13.1 Å². The average molecular weight is 403 g/mol. The van der Waals surface area contributed by atoms with Crippen LogP contribution >= 0.6 is 47.2 Å². The van der Waals surface area contributed by atoms with Crippen molar-refractivity contribution in [1.82, 2.24) is 15.2 Å². The monoisotopic (exact) mass is 402 g/mol. The molecule has 2 N–H and O–H groups in total. The molecule has 0 fully saturated rings. The molecule has 102 valence electrons. The van der Waals surface area contributed by atoms with Crippen LogP contribution in [0.5, 0.6) is 0 Å². The number of nitrogens with zero attached hydrogens (tertiary/aromatic N) is 2. The largest absolute Gasteiger partial charge is 0.353 e. The number of hydrogen-bond acceptors (Lipinski definition) is 1. The Labute approximate surface area is 134 Å². The van der Waals surface area contributed by atoms with E-state index in [0.717, 1.165) is 5.69 Å². The molecule has 0 saturated carbocycles. The molecule has 1 aromatic rings. The molecule has 18 heavy (non-hydrogen) atoms. The molecule has 0 amide bonds. The van der Waals surface area contributed by atoms with Crippen molar-refractivity contribution in [1.29, 1.82) is 0 Å². The van der Waals surface area contributed by atoms with Crippen LogP contribution < -0.4 is 10.6 Å². The third-order valence-electron chi connectivity index (χ3n) is 2.29. The predicted molar refractivity (Wildman–Crippen MR) is 89.2 cm³/mol. The minimum absolute atomic E-state index is 0. The van der Waals surface area contributed by atoms with Crippen molar-refractivity contribution in [2.45, 2.75) is 6.54 Å². The van der Waals surface area contributed by atoms with Crippen molar-refractivity contribution in [3.63, 3.8) is 0 Å². The fraction of sp³-hybridized carbons (Fsp3) is 0.364. The van der Waals surface area contributed by atoms with Crippen molar-refractivity contribution >= 4 is 53.1 Å². The van der Waals surface area contributed by atoms with Gasteiger partial charge in [0.1, 0.15) is 5.15 Å². The lowest BCUT2D eigenvalue weighted by Gasteiger charge is -2.11. The molecule has 0 aliphatic rings. The summed E-state index contributed by atoms with van der Waals surface area (Å²) in [6.45, 7) is 4.89. The number of guanidine groups is 1. The molecule has 1 aromatic heterocycles. The third-order valence-corrected chi connectivity index (χ3v) is 3.13. The van der Waals surface area contributed by atoms with Gasteiger partial charge < -0.3 is 15.2 Å². The molecule has 1 heterocycles. The topological polar surface area (TPSA) is 41.4 Å². The predicted octanol–water partition coefficient (Wildman–Crippen LogP) is 2.80. The van der Waals surface area contributed by atoms with Crippen LogP contribution in [-0.2, 0) is 13.6 Å². The van der Waals surface area contributed by atoms with Gasteiger partial charge in [0.15, 0.2) is 5.96 Å². The van der Waals surface area contributed by atoms with Crippen LogP contribution in [0.2, 0.25) is 10.2 Å². The number of hydrogen-bond donors (Lipinski definition) is 2. The summed E-state index contributed by atoms with van der Waals surface area (Å²) < 4.78 is 1.83. The molecule has 7 heteroatoms. The summed E-state index contributed by atoms with van der Waals surface area (Å²) >= 11 is 11.9. The lowest BCUT2D eigenvalue weighted by atomic mass is 10.4. The molecule has 1 rings (SSSR count). The van der Waals surface area contributed by atoms with E-state index in [9.17, 15) is 0 Å². The zero-order chi connectivity index (χ0) is 12.8. The third kappa shape index (κ3) is 4.70. The zero-order valence-corrected chi connectivity index (χ0v) is 14.2. The molecule has 0 unspecified atom stereocenters. The Morgan fingerprint density at radius 3 is 2.61 bits per heavy atom. The highest BCUT2D eigenvalue weighted by atomic mass is 127. The normalized spacial score (nSPS) is 10.8. The average Bonchev–Trinajstić information content (AvgIpc) is 2.57. The first kappa shape index (κ1) is 17.6. The van der Waals surface area contributed by atoms with Gasteiger partial charge in [0, 0.05) is 26.3 Å². The lowest BCUT2D eigenvalue weighted by Crippen LogP contribution is -2.37. The smallest absolute Gasteiger partial charge is 0.191 e. The van der Waals surface area contributed by atoms with Gasteiger partial charge in [-0.2, -0.15) is 0 Å². The van der Waals surface area contributed by atoms with Crippen molar-refractivity contribution in [3.05, 3.63) is 34.6 Å². The lowest BCUT2D eigenvalue weighted by molar-refractivity contribution is 0.761. The van der Waals surface area contributed by atoms with Crippen LogP contribution in [0.1, 0.15) is 5.69 Å². The summed E-state index contributed by atoms with van der Waals surface area (Å²) in [5.74, 6) is 0.707. The van der Waals surface area contributed by atoms with Crippen LogP contribution in [0.25, 0.3) is 0 Å². The second kappa shape index (κ2) is 8.66. The molecule has 0 aromatic carbocycles. The Morgan fingerprint density at radius 2 is 2.17 bits per heavy atom. The second-order valence-electron chi connectivity index (χ2n) is 3.43. The van der Waals surface area contributed by atoms with Crippen molar-refractivity contribution in [2.75, 3.05) is 13.6 Å². The van der Waals surface area contributed by atoms with Gasteiger partial charge in [-0.15, -0.1) is 30.6 Å². The van der Waals surface area contributed by atoms with E-state index in [2.05, 4.69) is 22.2 Å². The molecule has 0 bridgehead atoms. The van der Waals surface area contributed by atoms with Crippen LogP contribution in [0.4, 0.5) is 0 Å². The van der Waals surface area contributed by atoms with Crippen LogP contribution in [0.15, 0.2) is 23.7 Å². The summed E-state index contributed by atoms with van der Waals surface area (Å²) in [7, 11) is 3.58. The van der Waals surface area contributed by atoms with Gasteiger partial charge in [0.25, 0.3) is 0 Å². The molecular formula is C11H17Cl2IN4. The van der Waals surface area contributed by atoms with Gasteiger partial charge in [-0.25, -0.2) is 0 Å². The maximum absolute atomic E-state index is 5.98. The first-order valence-electron chi connectivity index (χ1n) is 5.15. The van der Waals surface area contributed by atoms with Crippen molar-refractivity contribution < 1.29 is 0 Å². The highest BCUT2D eigenvalue weighted by Gasteiger charge is 2.08. The van der Waals surface area contributed by atoms with E-state index in [1.807, 2.05) is 17.7 Å². The van der Waals surface area contributed by atoms with E-state index >= 15 is 0 Å². The van der Waals surface area contributed by atoms with Crippen LogP contribution in [0, 0.1) is 0 Å². The van der Waals surface area contributed by atoms with E-state index in [1.165, 1.54) is 0 Å². The minimum atomic E-state index is 0. The zero-order valence-electron chi connectivity index (χ0n) is 10.3. The Bertz CT molecular complexity index is 429. The number of aliphatic imine (C=N–C) groups is 1. The highest BCUT2D eigenvalue weighted by molar-refractivity contribution is 14.0. The maximum Gasteiger partial charge on any atom is 0.191 e. The van der Waals surface area contributed by atoms with E-state index in [4.69, 9.17) is 23.2 Å². The highest BCUT2D eigenvalue weighted by Crippen LogP contribution is 2.24. The molecule has 0 aliphatic carbocycles. The van der Waals surface area contributed by atoms with Gasteiger partial charge in [-0.1, -0.05) is 29.3 Å². The summed E-state index contributed by atoms with van der Waals surface area (Å²) in [6, 6.07) is 1.83. The van der Waals surface area contributed by atoms with E-state index in [-0.39, 0.29) is 24.0 Å². The molecule has 0 saturated heterocycles. The first-order chi connectivity index (χ1) is 8.10. The van der Waals surface area contributed by atoms with Gasteiger partial charge in [0.05, 0.1) is 11.6 Å². The fourth-order valence-electron chi connectivity index (χ4n) is 1.32. The molecular weight excluding hydrogens is 386 g/mol. The maximum atomic E-state index is 5.98. The number of nitrogens with one attached hydrogen (secondary N) is 2. The first-order valence-corrected chi connectivity index (χ1v) is 5.90. The van der Waals surface area contributed by atoms with Crippen LogP contribution in [0.3, 0.4) is 0 Å². The Kier molecular flexibility index (Phi) is 8.47. The summed E-state index contributed by atoms with van der Waals surface area (Å²) in [5, 5.41) is 7.33. The Morgan fingerprint density at radius 1 is 1.50 bits per heavy atom. The second-order valence-corrected chi connectivity index (χ2v) is 4.19. The quantitative estimate of drug-likeness (QED) is 0.352. The van der Waals surface area contributed by atoms with E-state index < -0.39 is 0 Å². The molecule has 0 spiro atoms.